The quantitative estimate of drug-likeness (QED) is 0.816. The fourth-order valence-corrected chi connectivity index (χ4v) is 2.13. The van der Waals surface area contributed by atoms with Crippen LogP contribution in [0.3, 0.4) is 0 Å². The van der Waals surface area contributed by atoms with Crippen LogP contribution in [0.5, 0.6) is 0 Å². The van der Waals surface area contributed by atoms with Crippen molar-refractivity contribution in [2.24, 2.45) is 0 Å². The average molecular weight is 265 g/mol. The van der Waals surface area contributed by atoms with E-state index in [0.29, 0.717) is 13.0 Å². The van der Waals surface area contributed by atoms with Crippen molar-refractivity contribution in [2.75, 3.05) is 26.2 Å². The number of hydrogen-bond acceptors (Lipinski definition) is 4. The summed E-state index contributed by atoms with van der Waals surface area (Å²) in [5.74, 6) is 0.0582. The van der Waals surface area contributed by atoms with Crippen LogP contribution in [0.25, 0.3) is 0 Å². The van der Waals surface area contributed by atoms with Crippen LogP contribution in [0.15, 0.2) is 22.8 Å². The van der Waals surface area contributed by atoms with Gasteiger partial charge in [0.15, 0.2) is 5.76 Å². The molecule has 6 heteroatoms. The van der Waals surface area contributed by atoms with Gasteiger partial charge in [-0.2, -0.15) is 0 Å². The van der Waals surface area contributed by atoms with E-state index < -0.39 is 0 Å². The lowest BCUT2D eigenvalue weighted by molar-refractivity contribution is -0.133. The Morgan fingerprint density at radius 2 is 2.42 bits per heavy atom. The van der Waals surface area contributed by atoms with Crippen molar-refractivity contribution in [1.29, 1.82) is 0 Å². The second-order valence-corrected chi connectivity index (χ2v) is 4.62. The Kier molecular flexibility index (Phi) is 4.57. The summed E-state index contributed by atoms with van der Waals surface area (Å²) in [7, 11) is 0. The molecule has 0 bridgehead atoms. The zero-order chi connectivity index (χ0) is 13.7. The molecule has 1 saturated heterocycles. The highest BCUT2D eigenvalue weighted by molar-refractivity contribution is 5.91. The third-order valence-electron chi connectivity index (χ3n) is 3.19. The molecule has 0 saturated carbocycles. The van der Waals surface area contributed by atoms with Gasteiger partial charge in [-0.15, -0.1) is 0 Å². The molecule has 1 aliphatic heterocycles. The molecule has 1 unspecified atom stereocenters. The minimum absolute atomic E-state index is 0.0775. The van der Waals surface area contributed by atoms with Gasteiger partial charge in [-0.05, 0) is 19.1 Å². The smallest absolute Gasteiger partial charge is 0.286 e. The van der Waals surface area contributed by atoms with E-state index in [1.807, 2.05) is 11.8 Å². The first-order valence-corrected chi connectivity index (χ1v) is 6.50. The number of piperazine rings is 1. The summed E-state index contributed by atoms with van der Waals surface area (Å²) in [6.45, 7) is 4.73. The Labute approximate surface area is 112 Å². The molecule has 2 amide bonds. The second kappa shape index (κ2) is 6.38. The van der Waals surface area contributed by atoms with Crippen LogP contribution >= 0.6 is 0 Å². The van der Waals surface area contributed by atoms with Crippen LogP contribution in [-0.2, 0) is 4.79 Å². The third-order valence-corrected chi connectivity index (χ3v) is 3.19. The Morgan fingerprint density at radius 1 is 1.58 bits per heavy atom. The lowest BCUT2D eigenvalue weighted by Gasteiger charge is -2.34. The summed E-state index contributed by atoms with van der Waals surface area (Å²) < 4.78 is 4.97. The minimum Gasteiger partial charge on any atom is -0.459 e. The standard InChI is InChI=1S/C13H19N3O3/c1-10-9-14-6-7-16(10)12(17)4-5-15-13(18)11-3-2-8-19-11/h2-3,8,10,14H,4-7,9H2,1H3,(H,15,18). The zero-order valence-electron chi connectivity index (χ0n) is 11.0. The Morgan fingerprint density at radius 3 is 3.11 bits per heavy atom. The zero-order valence-corrected chi connectivity index (χ0v) is 11.0. The lowest BCUT2D eigenvalue weighted by Crippen LogP contribution is -2.52. The topological polar surface area (TPSA) is 74.6 Å². The van der Waals surface area contributed by atoms with Gasteiger partial charge in [0.05, 0.1) is 6.26 Å². The van der Waals surface area contributed by atoms with Crippen molar-refractivity contribution in [1.82, 2.24) is 15.5 Å². The van der Waals surface area contributed by atoms with Gasteiger partial charge in [-0.25, -0.2) is 0 Å². The molecule has 1 atom stereocenters. The normalized spacial score (nSPS) is 19.2. The van der Waals surface area contributed by atoms with E-state index in [2.05, 4.69) is 10.6 Å². The van der Waals surface area contributed by atoms with Crippen LogP contribution < -0.4 is 10.6 Å². The number of rotatable bonds is 4. The van der Waals surface area contributed by atoms with Gasteiger partial charge in [0.1, 0.15) is 0 Å². The summed E-state index contributed by atoms with van der Waals surface area (Å²) in [4.78, 5) is 25.4. The van der Waals surface area contributed by atoms with Gasteiger partial charge >= 0.3 is 0 Å². The predicted octanol–water partition coefficient (Wildman–Crippen LogP) is 0.220. The maximum Gasteiger partial charge on any atom is 0.286 e. The number of amides is 2. The van der Waals surface area contributed by atoms with E-state index in [1.165, 1.54) is 6.26 Å². The second-order valence-electron chi connectivity index (χ2n) is 4.62. The van der Waals surface area contributed by atoms with Crippen LogP contribution in [0.1, 0.15) is 23.9 Å². The molecule has 1 aliphatic rings. The van der Waals surface area contributed by atoms with Gasteiger partial charge in [0.25, 0.3) is 5.91 Å². The maximum atomic E-state index is 12.0. The molecule has 1 aromatic rings. The molecule has 6 nitrogen and oxygen atoms in total. The monoisotopic (exact) mass is 265 g/mol. The van der Waals surface area contributed by atoms with Crippen molar-refractivity contribution >= 4 is 11.8 Å². The number of carbonyl (C=O) groups is 2. The van der Waals surface area contributed by atoms with E-state index in [4.69, 9.17) is 4.42 Å². The van der Waals surface area contributed by atoms with E-state index in [0.717, 1.165) is 19.6 Å². The minimum atomic E-state index is -0.286. The maximum absolute atomic E-state index is 12.0. The molecule has 104 valence electrons. The summed E-state index contributed by atoms with van der Waals surface area (Å²) in [5, 5.41) is 5.91. The van der Waals surface area contributed by atoms with Gasteiger partial charge in [-0.3, -0.25) is 9.59 Å². The molecular formula is C13H19N3O3. The van der Waals surface area contributed by atoms with Crippen molar-refractivity contribution in [3.05, 3.63) is 24.2 Å². The highest BCUT2D eigenvalue weighted by Gasteiger charge is 2.22. The first-order valence-electron chi connectivity index (χ1n) is 6.50. The number of nitrogens with one attached hydrogen (secondary N) is 2. The molecule has 2 rings (SSSR count). The van der Waals surface area contributed by atoms with Gasteiger partial charge in [-0.1, -0.05) is 0 Å². The molecule has 0 aliphatic carbocycles. The predicted molar refractivity (Wildman–Crippen MR) is 69.7 cm³/mol. The Balaban J connectivity index is 1.73. The van der Waals surface area contributed by atoms with E-state index in [1.54, 1.807) is 12.1 Å². The highest BCUT2D eigenvalue weighted by atomic mass is 16.3. The molecule has 0 aromatic carbocycles. The fraction of sp³-hybridized carbons (Fsp3) is 0.538. The number of hydrogen-bond donors (Lipinski definition) is 2. The molecule has 2 heterocycles. The van der Waals surface area contributed by atoms with Gasteiger partial charge < -0.3 is 20.0 Å². The van der Waals surface area contributed by atoms with Crippen molar-refractivity contribution < 1.29 is 14.0 Å². The molecule has 1 aromatic heterocycles. The molecule has 2 N–H and O–H groups in total. The fourth-order valence-electron chi connectivity index (χ4n) is 2.13. The number of furan rings is 1. The summed E-state index contributed by atoms with van der Waals surface area (Å²) in [6, 6.07) is 3.46. The first kappa shape index (κ1) is 13.6. The van der Waals surface area contributed by atoms with Crippen LogP contribution in [0.2, 0.25) is 0 Å². The number of nitrogens with zero attached hydrogens (tertiary/aromatic N) is 1. The van der Waals surface area contributed by atoms with Crippen molar-refractivity contribution in [3.8, 4) is 0 Å². The van der Waals surface area contributed by atoms with Gasteiger partial charge in [0.2, 0.25) is 5.91 Å². The molecule has 19 heavy (non-hydrogen) atoms. The van der Waals surface area contributed by atoms with Gasteiger partial charge in [0, 0.05) is 38.6 Å². The summed E-state index contributed by atoms with van der Waals surface area (Å²) >= 11 is 0. The van der Waals surface area contributed by atoms with Crippen molar-refractivity contribution in [2.45, 2.75) is 19.4 Å². The molecule has 0 radical (unpaired) electrons. The SMILES string of the molecule is CC1CNCCN1C(=O)CCNC(=O)c1ccco1. The largest absolute Gasteiger partial charge is 0.459 e. The van der Waals surface area contributed by atoms with Crippen LogP contribution in [0.4, 0.5) is 0 Å². The average Bonchev–Trinajstić information content (AvgIpc) is 2.93. The lowest BCUT2D eigenvalue weighted by atomic mass is 10.2. The van der Waals surface area contributed by atoms with Crippen molar-refractivity contribution in [3.63, 3.8) is 0 Å². The molecule has 0 spiro atoms. The Bertz CT molecular complexity index is 430. The van der Waals surface area contributed by atoms with E-state index in [9.17, 15) is 9.59 Å². The molecular weight excluding hydrogens is 246 g/mol. The van der Waals surface area contributed by atoms with Crippen LogP contribution in [-0.4, -0.2) is 48.9 Å². The molecule has 1 fully saturated rings. The number of carbonyl (C=O) groups excluding carboxylic acids is 2. The first-order chi connectivity index (χ1) is 9.18. The van der Waals surface area contributed by atoms with E-state index >= 15 is 0 Å². The Hall–Kier alpha value is -1.82. The highest BCUT2D eigenvalue weighted by Crippen LogP contribution is 2.05. The summed E-state index contributed by atoms with van der Waals surface area (Å²) in [5.41, 5.74) is 0. The van der Waals surface area contributed by atoms with Crippen LogP contribution in [0, 0.1) is 0 Å². The summed E-state index contributed by atoms with van der Waals surface area (Å²) in [6.07, 6.45) is 1.76. The third kappa shape index (κ3) is 3.57. The van der Waals surface area contributed by atoms with E-state index in [-0.39, 0.29) is 23.6 Å².